The summed E-state index contributed by atoms with van der Waals surface area (Å²) in [6.45, 7) is 5.20. The molecule has 0 spiro atoms. The van der Waals surface area contributed by atoms with Gasteiger partial charge in [0.15, 0.2) is 0 Å². The predicted molar refractivity (Wildman–Crippen MR) is 124 cm³/mol. The van der Waals surface area contributed by atoms with Crippen molar-refractivity contribution in [2.75, 3.05) is 25.0 Å². The molecular weight excluding hydrogens is 390 g/mol. The highest BCUT2D eigenvalue weighted by atomic mass is 16.5. The Kier molecular flexibility index (Phi) is 6.69. The fourth-order valence-electron chi connectivity index (χ4n) is 3.79. The first kappa shape index (κ1) is 21.1. The normalized spacial score (nSPS) is 20.7. The zero-order valence-electron chi connectivity index (χ0n) is 17.8. The Morgan fingerprint density at radius 1 is 1.29 bits per heavy atom. The Morgan fingerprint density at radius 2 is 2.13 bits per heavy atom. The van der Waals surface area contributed by atoms with Crippen molar-refractivity contribution >= 4 is 35.0 Å². The van der Waals surface area contributed by atoms with Crippen molar-refractivity contribution in [1.29, 1.82) is 5.41 Å². The van der Waals surface area contributed by atoms with Crippen molar-refractivity contribution in [3.05, 3.63) is 47.3 Å². The maximum Gasteiger partial charge on any atom is 0.251 e. The van der Waals surface area contributed by atoms with Crippen LogP contribution in [-0.2, 0) is 17.8 Å². The van der Waals surface area contributed by atoms with Crippen molar-refractivity contribution in [2.24, 2.45) is 16.6 Å². The molecule has 5 N–H and O–H groups in total. The third kappa shape index (κ3) is 5.15. The highest BCUT2D eigenvalue weighted by Crippen LogP contribution is 2.28. The lowest BCUT2D eigenvalue weighted by molar-refractivity contribution is 0.109. The first-order chi connectivity index (χ1) is 15.2. The van der Waals surface area contributed by atoms with Crippen LogP contribution in [0, 0.1) is 11.3 Å². The molecule has 0 aliphatic carbocycles. The number of rotatable bonds is 5. The Labute approximate surface area is 182 Å². The summed E-state index contributed by atoms with van der Waals surface area (Å²) in [5.74, 6) is 1.88. The molecule has 8 heteroatoms. The van der Waals surface area contributed by atoms with Gasteiger partial charge in [-0.15, -0.1) is 0 Å². The summed E-state index contributed by atoms with van der Waals surface area (Å²) < 4.78 is 5.66. The molecule has 1 fully saturated rings. The van der Waals surface area contributed by atoms with E-state index in [-0.39, 0.29) is 0 Å². The average molecular weight is 420 g/mol. The van der Waals surface area contributed by atoms with Gasteiger partial charge in [0.25, 0.3) is 5.95 Å². The lowest BCUT2D eigenvalue weighted by atomic mass is 10.1. The molecule has 0 radical (unpaired) electrons. The largest absolute Gasteiger partial charge is 0.404 e. The molecule has 1 aromatic carbocycles. The van der Waals surface area contributed by atoms with Gasteiger partial charge in [-0.05, 0) is 43.0 Å². The molecule has 8 nitrogen and oxygen atoms in total. The van der Waals surface area contributed by atoms with Crippen molar-refractivity contribution < 1.29 is 4.74 Å². The molecule has 4 rings (SSSR count). The third-order valence-corrected chi connectivity index (χ3v) is 5.63. The number of aliphatic imine (C=N–C) groups is 1. The van der Waals surface area contributed by atoms with Crippen molar-refractivity contribution in [2.45, 2.75) is 32.8 Å². The monoisotopic (exact) mass is 419 g/mol. The van der Waals surface area contributed by atoms with Gasteiger partial charge >= 0.3 is 0 Å². The van der Waals surface area contributed by atoms with Crippen molar-refractivity contribution in [3.63, 3.8) is 0 Å². The Hall–Kier alpha value is -3.10. The minimum absolute atomic E-state index is 0.486. The second-order valence-electron chi connectivity index (χ2n) is 8.02. The summed E-state index contributed by atoms with van der Waals surface area (Å²) >= 11 is 0. The van der Waals surface area contributed by atoms with Gasteiger partial charge in [-0.2, -0.15) is 4.98 Å². The van der Waals surface area contributed by atoms with Gasteiger partial charge < -0.3 is 26.5 Å². The van der Waals surface area contributed by atoms with E-state index in [1.54, 1.807) is 0 Å². The number of hydrogen-bond acceptors (Lipinski definition) is 8. The maximum atomic E-state index is 7.45. The van der Waals surface area contributed by atoms with Crippen LogP contribution in [0.2, 0.25) is 0 Å². The van der Waals surface area contributed by atoms with E-state index in [1.807, 2.05) is 24.3 Å². The van der Waals surface area contributed by atoms with E-state index in [0.29, 0.717) is 30.7 Å². The van der Waals surface area contributed by atoms with Crippen LogP contribution in [0.15, 0.2) is 35.5 Å². The number of aromatic nitrogens is 2. The van der Waals surface area contributed by atoms with Gasteiger partial charge in [-0.3, -0.25) is 0 Å². The van der Waals surface area contributed by atoms with E-state index in [0.717, 1.165) is 66.4 Å². The second-order valence-corrected chi connectivity index (χ2v) is 8.02. The number of nitrogens with zero attached hydrogens (tertiary/aromatic N) is 3. The van der Waals surface area contributed by atoms with Crippen LogP contribution in [0.4, 0.5) is 17.5 Å². The molecule has 0 bridgehead atoms. The average Bonchev–Trinajstić information content (AvgIpc) is 2.99. The van der Waals surface area contributed by atoms with Crippen molar-refractivity contribution in [3.8, 4) is 0 Å². The molecule has 2 aromatic rings. The maximum absolute atomic E-state index is 7.45. The summed E-state index contributed by atoms with van der Waals surface area (Å²) in [6.07, 6.45) is 5.52. The molecule has 1 unspecified atom stereocenters. The molecule has 2 aliphatic rings. The van der Waals surface area contributed by atoms with Crippen molar-refractivity contribution in [1.82, 2.24) is 15.3 Å². The Morgan fingerprint density at radius 3 is 2.90 bits per heavy atom. The summed E-state index contributed by atoms with van der Waals surface area (Å²) in [4.78, 5) is 14.2. The van der Waals surface area contributed by atoms with Gasteiger partial charge in [-0.1, -0.05) is 19.1 Å². The van der Waals surface area contributed by atoms with Crippen LogP contribution < -0.4 is 16.4 Å². The molecule has 0 saturated carbocycles. The van der Waals surface area contributed by atoms with Crippen LogP contribution in [0.3, 0.4) is 0 Å². The lowest BCUT2D eigenvalue weighted by Gasteiger charge is -2.19. The zero-order valence-corrected chi connectivity index (χ0v) is 17.8. The molecular formula is C23H29N7O. The van der Waals surface area contributed by atoms with E-state index < -0.39 is 0 Å². The summed E-state index contributed by atoms with van der Waals surface area (Å²) in [6, 6.07) is 7.75. The van der Waals surface area contributed by atoms with Gasteiger partial charge in [0.2, 0.25) is 0 Å². The number of ether oxygens (including phenoxy) is 1. The highest BCUT2D eigenvalue weighted by molar-refractivity contribution is 6.08. The number of fused-ring (bicyclic) bond motifs is 1. The van der Waals surface area contributed by atoms with Crippen LogP contribution in [0.5, 0.6) is 0 Å². The molecule has 162 valence electrons. The Balaban J connectivity index is 1.62. The summed E-state index contributed by atoms with van der Waals surface area (Å²) in [5.41, 5.74) is 11.1. The van der Waals surface area contributed by atoms with E-state index in [1.165, 1.54) is 12.4 Å². The lowest BCUT2D eigenvalue weighted by Crippen LogP contribution is -2.22. The number of allylic oxidation sites excluding steroid dienone is 1. The topological polar surface area (TPSA) is 121 Å². The number of nitrogens with one attached hydrogen (secondary N) is 3. The van der Waals surface area contributed by atoms with Gasteiger partial charge in [0.05, 0.1) is 18.9 Å². The molecule has 1 atom stereocenters. The molecule has 1 aromatic heterocycles. The minimum atomic E-state index is 0.486. The van der Waals surface area contributed by atoms with E-state index >= 15 is 0 Å². The van der Waals surface area contributed by atoms with Crippen LogP contribution in [0.25, 0.3) is 5.57 Å². The van der Waals surface area contributed by atoms with E-state index in [9.17, 15) is 0 Å². The van der Waals surface area contributed by atoms with Gasteiger partial charge in [0.1, 0.15) is 5.82 Å². The standard InChI is InChI=1S/C23H29N7O/c1-15-2-5-19(13-26-12-15)28-23-29-21-8-9-31-14-20(21)22(30-23)27-18-6-3-16(4-7-18)17(10-24)11-25/h3-4,6-7,10-11,15,24,26H,2,5,8-9,12-14,25H2,1H3,(H,27,29,30)/b17-11+,24-10?,28-19?. The smallest absolute Gasteiger partial charge is 0.251 e. The van der Waals surface area contributed by atoms with Gasteiger partial charge in [0, 0.05) is 47.9 Å². The molecule has 1 saturated heterocycles. The molecule has 0 amide bonds. The molecule has 2 aliphatic heterocycles. The predicted octanol–water partition coefficient (Wildman–Crippen LogP) is 3.33. The SMILES string of the molecule is CC1CCC(=Nc2nc3c(c(Nc4ccc(/C(C=N)=C/N)cc4)n2)COCC3)CNC1. The van der Waals surface area contributed by atoms with Gasteiger partial charge in [-0.25, -0.2) is 9.98 Å². The fourth-order valence-corrected chi connectivity index (χ4v) is 3.79. The fraction of sp³-hybridized carbons (Fsp3) is 0.391. The third-order valence-electron chi connectivity index (χ3n) is 5.63. The number of hydrogen-bond donors (Lipinski definition) is 4. The minimum Gasteiger partial charge on any atom is -0.404 e. The highest BCUT2D eigenvalue weighted by Gasteiger charge is 2.19. The van der Waals surface area contributed by atoms with Crippen LogP contribution in [0.1, 0.15) is 36.6 Å². The number of anilines is 2. The quantitative estimate of drug-likeness (QED) is 0.552. The zero-order chi connectivity index (χ0) is 21.6. The first-order valence-corrected chi connectivity index (χ1v) is 10.7. The van der Waals surface area contributed by atoms with Crippen LogP contribution >= 0.6 is 0 Å². The summed E-state index contributed by atoms with van der Waals surface area (Å²) in [7, 11) is 0. The number of nitrogens with two attached hydrogens (primary N) is 1. The van der Waals surface area contributed by atoms with E-state index in [2.05, 4.69) is 17.6 Å². The second kappa shape index (κ2) is 9.80. The molecule has 31 heavy (non-hydrogen) atoms. The molecule has 3 heterocycles. The summed E-state index contributed by atoms with van der Waals surface area (Å²) in [5, 5.41) is 14.3. The number of benzene rings is 1. The first-order valence-electron chi connectivity index (χ1n) is 10.7. The van der Waals surface area contributed by atoms with Crippen LogP contribution in [-0.4, -0.2) is 41.6 Å². The van der Waals surface area contributed by atoms with E-state index in [4.69, 9.17) is 30.8 Å². The Bertz CT molecular complexity index is 998.